The summed E-state index contributed by atoms with van der Waals surface area (Å²) in [5.41, 5.74) is 10.6. The Morgan fingerprint density at radius 1 is 1.19 bits per heavy atom. The number of aromatic nitrogens is 2. The Bertz CT molecular complexity index is 842. The van der Waals surface area contributed by atoms with Gasteiger partial charge in [0.05, 0.1) is 23.2 Å². The Balaban J connectivity index is 1.48. The highest BCUT2D eigenvalue weighted by molar-refractivity contribution is 5.84. The minimum atomic E-state index is -0.632. The average Bonchev–Trinajstić information content (AvgIpc) is 3.08. The molecule has 0 aliphatic carbocycles. The Labute approximate surface area is 153 Å². The van der Waals surface area contributed by atoms with Gasteiger partial charge in [-0.3, -0.25) is 5.10 Å². The predicted octanol–water partition coefficient (Wildman–Crippen LogP) is 2.75. The first kappa shape index (κ1) is 18.2. The zero-order valence-corrected chi connectivity index (χ0v) is 15.2. The molecule has 1 aromatic heterocycles. The normalized spacial score (nSPS) is 13.5. The van der Waals surface area contributed by atoms with E-state index in [0.29, 0.717) is 18.7 Å². The summed E-state index contributed by atoms with van der Waals surface area (Å²) in [5.74, 6) is 0.706. The van der Waals surface area contributed by atoms with E-state index in [1.165, 1.54) is 11.1 Å². The summed E-state index contributed by atoms with van der Waals surface area (Å²) < 4.78 is 5.76. The summed E-state index contributed by atoms with van der Waals surface area (Å²) in [5, 5.41) is 21.5. The SMILES string of the molecule is Cc1cccc(C)c1NCC(N)CC(O)COc1cccc2[nH]ncc12. The predicted molar refractivity (Wildman–Crippen MR) is 105 cm³/mol. The van der Waals surface area contributed by atoms with E-state index in [4.69, 9.17) is 10.5 Å². The number of ether oxygens (including phenoxy) is 1. The number of aliphatic hydroxyl groups is 1. The summed E-state index contributed by atoms with van der Waals surface area (Å²) in [4.78, 5) is 0. The summed E-state index contributed by atoms with van der Waals surface area (Å²) >= 11 is 0. The standard InChI is InChI=1S/C20H26N4O2/c1-13-5-3-6-14(2)20(13)22-10-15(21)9-16(25)12-26-19-8-4-7-18-17(19)11-23-24-18/h3-8,11,15-16,22,25H,9-10,12,21H2,1-2H3,(H,23,24). The topological polar surface area (TPSA) is 96.2 Å². The van der Waals surface area contributed by atoms with Gasteiger partial charge in [-0.1, -0.05) is 24.3 Å². The zero-order valence-electron chi connectivity index (χ0n) is 15.2. The minimum Gasteiger partial charge on any atom is -0.490 e. The third-order valence-corrected chi connectivity index (χ3v) is 4.47. The number of nitrogens with zero attached hydrogens (tertiary/aromatic N) is 1. The number of hydrogen-bond donors (Lipinski definition) is 4. The van der Waals surface area contributed by atoms with Crippen LogP contribution in [-0.4, -0.2) is 40.6 Å². The monoisotopic (exact) mass is 354 g/mol. The molecular formula is C20H26N4O2. The highest BCUT2D eigenvalue weighted by Gasteiger charge is 2.13. The largest absolute Gasteiger partial charge is 0.490 e. The summed E-state index contributed by atoms with van der Waals surface area (Å²) in [6.45, 7) is 4.93. The molecule has 6 heteroatoms. The summed E-state index contributed by atoms with van der Waals surface area (Å²) in [6, 6.07) is 11.7. The molecule has 2 atom stereocenters. The van der Waals surface area contributed by atoms with Crippen LogP contribution >= 0.6 is 0 Å². The molecule has 26 heavy (non-hydrogen) atoms. The highest BCUT2D eigenvalue weighted by atomic mass is 16.5. The summed E-state index contributed by atoms with van der Waals surface area (Å²) in [7, 11) is 0. The Kier molecular flexibility index (Phi) is 5.75. The van der Waals surface area contributed by atoms with Crippen LogP contribution in [0.15, 0.2) is 42.6 Å². The van der Waals surface area contributed by atoms with Gasteiger partial charge in [-0.05, 0) is 43.5 Å². The number of hydrogen-bond acceptors (Lipinski definition) is 5. The first-order chi connectivity index (χ1) is 12.5. The van der Waals surface area contributed by atoms with E-state index in [9.17, 15) is 5.11 Å². The molecule has 6 nitrogen and oxygen atoms in total. The fourth-order valence-electron chi connectivity index (χ4n) is 3.08. The van der Waals surface area contributed by atoms with Crippen LogP contribution in [0.5, 0.6) is 5.75 Å². The van der Waals surface area contributed by atoms with Crippen LogP contribution in [0.4, 0.5) is 5.69 Å². The zero-order chi connectivity index (χ0) is 18.5. The van der Waals surface area contributed by atoms with E-state index in [-0.39, 0.29) is 12.6 Å². The van der Waals surface area contributed by atoms with Gasteiger partial charge in [-0.25, -0.2) is 0 Å². The molecule has 3 aromatic rings. The van der Waals surface area contributed by atoms with Crippen molar-refractivity contribution in [3.63, 3.8) is 0 Å². The lowest BCUT2D eigenvalue weighted by atomic mass is 10.1. The van der Waals surface area contributed by atoms with Gasteiger partial charge in [0.25, 0.3) is 0 Å². The van der Waals surface area contributed by atoms with E-state index in [2.05, 4.69) is 41.5 Å². The molecule has 0 spiro atoms. The molecule has 5 N–H and O–H groups in total. The van der Waals surface area contributed by atoms with Crippen molar-refractivity contribution in [3.05, 3.63) is 53.7 Å². The van der Waals surface area contributed by atoms with E-state index >= 15 is 0 Å². The molecule has 138 valence electrons. The lowest BCUT2D eigenvalue weighted by Gasteiger charge is -2.20. The number of rotatable bonds is 8. The van der Waals surface area contributed by atoms with E-state index < -0.39 is 6.10 Å². The second kappa shape index (κ2) is 8.21. The van der Waals surface area contributed by atoms with Gasteiger partial charge in [0.15, 0.2) is 0 Å². The highest BCUT2D eigenvalue weighted by Crippen LogP contribution is 2.23. The molecule has 0 fully saturated rings. The van der Waals surface area contributed by atoms with Crippen LogP contribution in [0.3, 0.4) is 0 Å². The number of anilines is 1. The number of benzene rings is 2. The molecule has 0 bridgehead atoms. The first-order valence-corrected chi connectivity index (χ1v) is 8.83. The first-order valence-electron chi connectivity index (χ1n) is 8.83. The molecular weight excluding hydrogens is 328 g/mol. The number of nitrogens with one attached hydrogen (secondary N) is 2. The minimum absolute atomic E-state index is 0.169. The number of fused-ring (bicyclic) bond motifs is 1. The fourth-order valence-corrected chi connectivity index (χ4v) is 3.08. The van der Waals surface area contributed by atoms with Crippen LogP contribution in [-0.2, 0) is 0 Å². The molecule has 0 radical (unpaired) electrons. The van der Waals surface area contributed by atoms with E-state index in [1.807, 2.05) is 24.3 Å². The van der Waals surface area contributed by atoms with Crippen LogP contribution in [0.1, 0.15) is 17.5 Å². The molecule has 3 rings (SSSR count). The average molecular weight is 354 g/mol. The van der Waals surface area contributed by atoms with Gasteiger partial charge in [0.1, 0.15) is 12.4 Å². The van der Waals surface area contributed by atoms with E-state index in [1.54, 1.807) is 6.20 Å². The molecule has 0 saturated heterocycles. The number of nitrogens with two attached hydrogens (primary N) is 1. The van der Waals surface area contributed by atoms with Gasteiger partial charge in [-0.15, -0.1) is 0 Å². The van der Waals surface area contributed by atoms with Crippen LogP contribution in [0.25, 0.3) is 10.9 Å². The Morgan fingerprint density at radius 3 is 2.69 bits per heavy atom. The molecule has 2 aromatic carbocycles. The molecule has 0 amide bonds. The number of para-hydroxylation sites is 1. The molecule has 0 saturated carbocycles. The Morgan fingerprint density at radius 2 is 1.92 bits per heavy atom. The van der Waals surface area contributed by atoms with Gasteiger partial charge in [-0.2, -0.15) is 5.10 Å². The van der Waals surface area contributed by atoms with Crippen LogP contribution in [0.2, 0.25) is 0 Å². The smallest absolute Gasteiger partial charge is 0.130 e. The van der Waals surface area contributed by atoms with Crippen molar-refractivity contribution >= 4 is 16.6 Å². The van der Waals surface area contributed by atoms with Crippen molar-refractivity contribution in [1.82, 2.24) is 10.2 Å². The second-order valence-electron chi connectivity index (χ2n) is 6.70. The van der Waals surface area contributed by atoms with Crippen molar-refractivity contribution in [3.8, 4) is 5.75 Å². The maximum Gasteiger partial charge on any atom is 0.130 e. The lowest BCUT2D eigenvalue weighted by Crippen LogP contribution is -2.35. The van der Waals surface area contributed by atoms with Gasteiger partial charge in [0.2, 0.25) is 0 Å². The number of aromatic amines is 1. The summed E-state index contributed by atoms with van der Waals surface area (Å²) in [6.07, 6.45) is 1.54. The van der Waals surface area contributed by atoms with Crippen molar-refractivity contribution in [1.29, 1.82) is 0 Å². The molecule has 1 heterocycles. The van der Waals surface area contributed by atoms with Gasteiger partial charge >= 0.3 is 0 Å². The van der Waals surface area contributed by atoms with Crippen molar-refractivity contribution in [2.24, 2.45) is 5.73 Å². The third kappa shape index (κ3) is 4.33. The maximum atomic E-state index is 10.3. The second-order valence-corrected chi connectivity index (χ2v) is 6.70. The number of aryl methyl sites for hydroxylation is 2. The lowest BCUT2D eigenvalue weighted by molar-refractivity contribution is 0.0956. The number of H-pyrrole nitrogens is 1. The third-order valence-electron chi connectivity index (χ3n) is 4.47. The molecule has 0 aliphatic rings. The van der Waals surface area contributed by atoms with Gasteiger partial charge in [0, 0.05) is 18.3 Å². The Hall–Kier alpha value is -2.57. The molecule has 2 unspecified atom stereocenters. The fraction of sp³-hybridized carbons (Fsp3) is 0.350. The van der Waals surface area contributed by atoms with Crippen molar-refractivity contribution < 1.29 is 9.84 Å². The quantitative estimate of drug-likeness (QED) is 0.499. The van der Waals surface area contributed by atoms with Gasteiger partial charge < -0.3 is 20.9 Å². The van der Waals surface area contributed by atoms with Crippen LogP contribution < -0.4 is 15.8 Å². The van der Waals surface area contributed by atoms with Crippen LogP contribution in [0, 0.1) is 13.8 Å². The maximum absolute atomic E-state index is 10.3. The van der Waals surface area contributed by atoms with E-state index in [0.717, 1.165) is 16.6 Å². The number of aliphatic hydroxyl groups excluding tert-OH is 1. The molecule has 0 aliphatic heterocycles. The van der Waals surface area contributed by atoms with Crippen molar-refractivity contribution in [2.45, 2.75) is 32.4 Å². The van der Waals surface area contributed by atoms with Crippen molar-refractivity contribution in [2.75, 3.05) is 18.5 Å².